The van der Waals surface area contributed by atoms with Crippen molar-refractivity contribution in [2.24, 2.45) is 7.05 Å². The number of benzene rings is 3. The van der Waals surface area contributed by atoms with Gasteiger partial charge < -0.3 is 10.0 Å². The quantitative estimate of drug-likeness (QED) is 0.271. The van der Waals surface area contributed by atoms with Crippen molar-refractivity contribution in [3.8, 4) is 11.1 Å². The van der Waals surface area contributed by atoms with Crippen molar-refractivity contribution >= 4 is 17.7 Å². The summed E-state index contributed by atoms with van der Waals surface area (Å²) in [6.07, 6.45) is 6.51. The van der Waals surface area contributed by atoms with Crippen LogP contribution in [0.3, 0.4) is 0 Å². The van der Waals surface area contributed by atoms with Gasteiger partial charge in [0.05, 0.1) is 17.8 Å². The minimum atomic E-state index is -1.18. The molecule has 1 aromatic heterocycles. The summed E-state index contributed by atoms with van der Waals surface area (Å²) in [6, 6.07) is 15.8. The van der Waals surface area contributed by atoms with Gasteiger partial charge in [0, 0.05) is 36.6 Å². The van der Waals surface area contributed by atoms with E-state index in [1.807, 2.05) is 37.5 Å². The van der Waals surface area contributed by atoms with E-state index in [1.165, 1.54) is 23.8 Å². The minimum absolute atomic E-state index is 0.0538. The Morgan fingerprint density at radius 1 is 1.05 bits per heavy atom. The maximum Gasteiger partial charge on any atom is 0.328 e. The Bertz CT molecular complexity index is 1530. The van der Waals surface area contributed by atoms with Crippen LogP contribution in [0.1, 0.15) is 60.5 Å². The second-order valence-electron chi connectivity index (χ2n) is 10.5. The molecule has 0 fully saturated rings. The summed E-state index contributed by atoms with van der Waals surface area (Å²) >= 11 is 0. The number of carbonyl (C=O) groups is 1. The van der Waals surface area contributed by atoms with Gasteiger partial charge in [-0.05, 0) is 77.4 Å². The molecule has 0 amide bonds. The van der Waals surface area contributed by atoms with Crippen LogP contribution >= 0.6 is 0 Å². The lowest BCUT2D eigenvalue weighted by Crippen LogP contribution is -2.43. The molecule has 2 atom stereocenters. The standard InChI is InChI=1S/C32H31F2N3O2/c1-19(2)22-6-9-26(10-7-22)37-20(3)13-24-16-23(25-17-35-36(4)18-25)8-11-27(24)32(37)31-28(33)14-21(15-29(31)34)5-12-30(38)39/h5-12,14-20,32H,13H2,1-4H3,(H,38,39)/b12-5+/t20?,32-/m0/s1. The number of hydrogen-bond acceptors (Lipinski definition) is 3. The van der Waals surface area contributed by atoms with Crippen molar-refractivity contribution in [1.29, 1.82) is 0 Å². The highest BCUT2D eigenvalue weighted by atomic mass is 19.1. The summed E-state index contributed by atoms with van der Waals surface area (Å²) in [7, 11) is 1.86. The van der Waals surface area contributed by atoms with Gasteiger partial charge in [0.2, 0.25) is 0 Å². The minimum Gasteiger partial charge on any atom is -0.478 e. The van der Waals surface area contributed by atoms with E-state index < -0.39 is 23.6 Å². The molecule has 1 aliphatic heterocycles. The van der Waals surface area contributed by atoms with E-state index in [9.17, 15) is 4.79 Å². The Hall–Kier alpha value is -4.26. The van der Waals surface area contributed by atoms with Gasteiger partial charge in [0.25, 0.3) is 0 Å². The molecule has 0 spiro atoms. The number of halogens is 2. The van der Waals surface area contributed by atoms with Gasteiger partial charge in [0.1, 0.15) is 11.6 Å². The van der Waals surface area contributed by atoms with Crippen LogP contribution in [-0.2, 0) is 18.3 Å². The van der Waals surface area contributed by atoms with Crippen LogP contribution in [0.4, 0.5) is 14.5 Å². The third kappa shape index (κ3) is 5.21. The predicted molar refractivity (Wildman–Crippen MR) is 150 cm³/mol. The Kier molecular flexibility index (Phi) is 7.08. The van der Waals surface area contributed by atoms with E-state index in [1.54, 1.807) is 10.9 Å². The lowest BCUT2D eigenvalue weighted by molar-refractivity contribution is -0.131. The number of aryl methyl sites for hydroxylation is 1. The molecule has 200 valence electrons. The first-order chi connectivity index (χ1) is 18.6. The second-order valence-corrected chi connectivity index (χ2v) is 10.5. The number of nitrogens with zero attached hydrogens (tertiary/aromatic N) is 3. The van der Waals surface area contributed by atoms with Crippen molar-refractivity contribution < 1.29 is 18.7 Å². The molecule has 4 aromatic rings. The van der Waals surface area contributed by atoms with Gasteiger partial charge >= 0.3 is 5.97 Å². The van der Waals surface area contributed by atoms with E-state index in [4.69, 9.17) is 5.11 Å². The van der Waals surface area contributed by atoms with Crippen LogP contribution in [0.25, 0.3) is 17.2 Å². The van der Waals surface area contributed by atoms with Gasteiger partial charge in [-0.1, -0.05) is 44.2 Å². The molecule has 7 heteroatoms. The van der Waals surface area contributed by atoms with E-state index in [-0.39, 0.29) is 17.2 Å². The molecule has 0 bridgehead atoms. The number of rotatable bonds is 6. The van der Waals surface area contributed by atoms with E-state index in [2.05, 4.69) is 49.0 Å². The molecule has 0 saturated heterocycles. The maximum absolute atomic E-state index is 15.8. The molecular weight excluding hydrogens is 496 g/mol. The lowest BCUT2D eigenvalue weighted by atomic mass is 9.82. The number of hydrogen-bond donors (Lipinski definition) is 1. The van der Waals surface area contributed by atoms with Crippen LogP contribution < -0.4 is 4.90 Å². The van der Waals surface area contributed by atoms with Gasteiger partial charge in [-0.25, -0.2) is 13.6 Å². The van der Waals surface area contributed by atoms with Crippen LogP contribution in [0.2, 0.25) is 0 Å². The average Bonchev–Trinajstić information content (AvgIpc) is 3.33. The van der Waals surface area contributed by atoms with Gasteiger partial charge in [-0.2, -0.15) is 5.10 Å². The SMILES string of the molecule is CC(C)c1ccc(N2C(C)Cc3cc(-c4cnn(C)c4)ccc3[C@H]2c2c(F)cc(/C=C/C(=O)O)cc2F)cc1. The monoisotopic (exact) mass is 527 g/mol. The first-order valence-corrected chi connectivity index (χ1v) is 13.0. The summed E-state index contributed by atoms with van der Waals surface area (Å²) in [5.74, 6) is -2.26. The Morgan fingerprint density at radius 3 is 2.33 bits per heavy atom. The molecule has 5 rings (SSSR count). The zero-order valence-corrected chi connectivity index (χ0v) is 22.4. The number of aliphatic carboxylic acids is 1. The number of carboxylic acids is 1. The van der Waals surface area contributed by atoms with Crippen LogP contribution in [0.15, 0.2) is 73.1 Å². The van der Waals surface area contributed by atoms with E-state index in [0.717, 1.165) is 34.0 Å². The number of fused-ring (bicyclic) bond motifs is 1. The number of aromatic nitrogens is 2. The summed E-state index contributed by atoms with van der Waals surface area (Å²) in [5, 5.41) is 13.2. The summed E-state index contributed by atoms with van der Waals surface area (Å²) in [6.45, 7) is 6.33. The van der Waals surface area contributed by atoms with Crippen molar-refractivity contribution in [2.75, 3.05) is 4.90 Å². The largest absolute Gasteiger partial charge is 0.478 e. The third-order valence-electron chi connectivity index (χ3n) is 7.40. The second kappa shape index (κ2) is 10.5. The molecule has 1 unspecified atom stereocenters. The summed E-state index contributed by atoms with van der Waals surface area (Å²) < 4.78 is 33.3. The first kappa shape index (κ1) is 26.4. The topological polar surface area (TPSA) is 58.4 Å². The molecule has 3 aromatic carbocycles. The normalized spacial score (nSPS) is 17.2. The zero-order valence-electron chi connectivity index (χ0n) is 22.4. The van der Waals surface area contributed by atoms with Gasteiger partial charge in [-0.3, -0.25) is 4.68 Å². The van der Waals surface area contributed by atoms with Crippen molar-refractivity contribution in [3.05, 3.63) is 113 Å². The Morgan fingerprint density at radius 2 is 1.74 bits per heavy atom. The Labute approximate surface area is 227 Å². The number of carboxylic acid groups (broad SMARTS) is 1. The zero-order chi connectivity index (χ0) is 27.8. The maximum atomic E-state index is 15.8. The summed E-state index contributed by atoms with van der Waals surface area (Å²) in [5.41, 5.74) is 6.00. The van der Waals surface area contributed by atoms with Gasteiger partial charge in [0.15, 0.2) is 0 Å². The highest BCUT2D eigenvalue weighted by Crippen LogP contribution is 2.44. The fourth-order valence-corrected chi connectivity index (χ4v) is 5.48. The lowest BCUT2D eigenvalue weighted by Gasteiger charge is -2.44. The Balaban J connectivity index is 1.67. The van der Waals surface area contributed by atoms with E-state index >= 15 is 8.78 Å². The molecule has 0 aliphatic carbocycles. The van der Waals surface area contributed by atoms with Crippen LogP contribution in [-0.4, -0.2) is 26.9 Å². The van der Waals surface area contributed by atoms with Gasteiger partial charge in [-0.15, -0.1) is 0 Å². The highest BCUT2D eigenvalue weighted by molar-refractivity contribution is 5.85. The molecular formula is C32H31F2N3O2. The van der Waals surface area contributed by atoms with Crippen molar-refractivity contribution in [3.63, 3.8) is 0 Å². The molecule has 0 radical (unpaired) electrons. The molecule has 2 heterocycles. The fourth-order valence-electron chi connectivity index (χ4n) is 5.48. The van der Waals surface area contributed by atoms with Crippen molar-refractivity contribution in [2.45, 2.75) is 45.2 Å². The first-order valence-electron chi connectivity index (χ1n) is 13.0. The predicted octanol–water partition coefficient (Wildman–Crippen LogP) is 7.13. The van der Waals surface area contributed by atoms with Crippen molar-refractivity contribution in [1.82, 2.24) is 9.78 Å². The third-order valence-corrected chi connectivity index (χ3v) is 7.40. The molecule has 39 heavy (non-hydrogen) atoms. The summed E-state index contributed by atoms with van der Waals surface area (Å²) in [4.78, 5) is 13.0. The molecule has 5 nitrogen and oxygen atoms in total. The molecule has 1 N–H and O–H groups in total. The van der Waals surface area contributed by atoms with Crippen LogP contribution in [0.5, 0.6) is 0 Å². The average molecular weight is 528 g/mol. The van der Waals surface area contributed by atoms with Crippen LogP contribution in [0, 0.1) is 11.6 Å². The molecule has 0 saturated carbocycles. The van der Waals surface area contributed by atoms with E-state index in [0.29, 0.717) is 12.3 Å². The highest BCUT2D eigenvalue weighted by Gasteiger charge is 2.37. The molecule has 1 aliphatic rings. The smallest absolute Gasteiger partial charge is 0.328 e. The fraction of sp³-hybridized carbons (Fsp3) is 0.250. The number of anilines is 1.